The number of ether oxygens (including phenoxy) is 2. The number of hydrogen-bond acceptors (Lipinski definition) is 7. The molecule has 0 fully saturated rings. The van der Waals surface area contributed by atoms with Crippen molar-refractivity contribution in [2.24, 2.45) is 0 Å². The van der Waals surface area contributed by atoms with Gasteiger partial charge in [-0.1, -0.05) is 217 Å². The molecule has 0 aromatic carbocycles. The molecule has 0 spiro atoms. The van der Waals surface area contributed by atoms with E-state index in [0.29, 0.717) is 24.1 Å². The van der Waals surface area contributed by atoms with Gasteiger partial charge in [-0.2, -0.15) is 0 Å². The first kappa shape index (κ1) is 60.5. The molecule has 0 aliphatic carbocycles. The van der Waals surface area contributed by atoms with Gasteiger partial charge in [0.25, 0.3) is 7.82 Å². The van der Waals surface area contributed by atoms with Crippen molar-refractivity contribution < 1.29 is 37.3 Å². The minimum atomic E-state index is -4.53. The summed E-state index contributed by atoms with van der Waals surface area (Å²) in [6, 6.07) is 0. The van der Waals surface area contributed by atoms with Gasteiger partial charge in [0.05, 0.1) is 34.4 Å². The zero-order chi connectivity index (χ0) is 45.5. The highest BCUT2D eigenvalue weighted by molar-refractivity contribution is 7.45. The Morgan fingerprint density at radius 1 is 0.516 bits per heavy atom. The number of carbonyl (C=O) groups excluding carboxylic acids is 1. The molecule has 8 nitrogen and oxygen atoms in total. The third-order valence-corrected chi connectivity index (χ3v) is 12.1. The maximum atomic E-state index is 12.8. The van der Waals surface area contributed by atoms with Gasteiger partial charge < -0.3 is 27.9 Å². The first-order chi connectivity index (χ1) is 30.1. The highest BCUT2D eigenvalue weighted by atomic mass is 31.2. The fourth-order valence-electron chi connectivity index (χ4n) is 7.19. The van der Waals surface area contributed by atoms with Crippen LogP contribution in [0.1, 0.15) is 226 Å². The van der Waals surface area contributed by atoms with Crippen LogP contribution in [0.15, 0.2) is 48.6 Å². The molecule has 0 radical (unpaired) electrons. The molecule has 0 aromatic rings. The second kappa shape index (κ2) is 46.0. The van der Waals surface area contributed by atoms with E-state index in [1.165, 1.54) is 148 Å². The number of allylic oxidation sites excluding steroid dienone is 8. The molecule has 0 N–H and O–H groups in total. The van der Waals surface area contributed by atoms with Crippen LogP contribution in [0.4, 0.5) is 0 Å². The average molecular weight is 894 g/mol. The van der Waals surface area contributed by atoms with Crippen LogP contribution in [0, 0.1) is 0 Å². The Morgan fingerprint density at radius 3 is 1.40 bits per heavy atom. The third kappa shape index (κ3) is 49.5. The Bertz CT molecular complexity index is 1130. The average Bonchev–Trinajstić information content (AvgIpc) is 3.23. The summed E-state index contributed by atoms with van der Waals surface area (Å²) >= 11 is 0. The maximum Gasteiger partial charge on any atom is 0.306 e. The van der Waals surface area contributed by atoms with Gasteiger partial charge in [-0.25, -0.2) is 0 Å². The van der Waals surface area contributed by atoms with E-state index < -0.39 is 13.9 Å². The number of rotatable bonds is 48. The first-order valence-corrected chi connectivity index (χ1v) is 27.3. The largest absolute Gasteiger partial charge is 0.756 e. The number of likely N-dealkylation sites (N-methyl/N-ethyl adjacent to an activating group) is 1. The molecular formula is C53H100NO7P. The highest BCUT2D eigenvalue weighted by Crippen LogP contribution is 2.38. The highest BCUT2D eigenvalue weighted by Gasteiger charge is 2.20. The Labute approximate surface area is 384 Å². The molecule has 0 saturated carbocycles. The van der Waals surface area contributed by atoms with Gasteiger partial charge in [0, 0.05) is 13.0 Å². The number of phosphoric ester groups is 1. The summed E-state index contributed by atoms with van der Waals surface area (Å²) in [7, 11) is 1.36. The lowest BCUT2D eigenvalue weighted by Gasteiger charge is -2.28. The predicted octanol–water partition coefficient (Wildman–Crippen LogP) is 15.3. The normalized spacial score (nSPS) is 14.0. The quantitative estimate of drug-likeness (QED) is 0.0197. The maximum absolute atomic E-state index is 12.8. The smallest absolute Gasteiger partial charge is 0.306 e. The SMILES string of the molecule is CC/C=C\C/C=C\C/C=C\C/C=C\CCCCCCCCCCCCC(=O)OC(COCCCCCCCCCCCCCCCCCCC)COP(=O)([O-])OCC[N+](C)(C)C. The van der Waals surface area contributed by atoms with Gasteiger partial charge in [0.1, 0.15) is 19.3 Å². The molecule has 364 valence electrons. The van der Waals surface area contributed by atoms with Crippen LogP contribution in [-0.4, -0.2) is 70.7 Å². The van der Waals surface area contributed by atoms with Crippen molar-refractivity contribution in [2.45, 2.75) is 232 Å². The van der Waals surface area contributed by atoms with E-state index in [1.54, 1.807) is 0 Å². The second-order valence-electron chi connectivity index (χ2n) is 18.5. The molecule has 62 heavy (non-hydrogen) atoms. The molecule has 0 amide bonds. The lowest BCUT2D eigenvalue weighted by molar-refractivity contribution is -0.870. The van der Waals surface area contributed by atoms with Gasteiger partial charge in [-0.05, 0) is 51.4 Å². The number of phosphoric acid groups is 1. The molecule has 0 rings (SSSR count). The van der Waals surface area contributed by atoms with Crippen LogP contribution >= 0.6 is 7.82 Å². The number of esters is 1. The predicted molar refractivity (Wildman–Crippen MR) is 263 cm³/mol. The molecular weight excluding hydrogens is 794 g/mol. The minimum absolute atomic E-state index is 0.0256. The number of carbonyl (C=O) groups is 1. The van der Waals surface area contributed by atoms with Crippen molar-refractivity contribution in [3.63, 3.8) is 0 Å². The summed E-state index contributed by atoms with van der Waals surface area (Å²) in [6.45, 7) is 5.33. The Balaban J connectivity index is 4.12. The molecule has 2 unspecified atom stereocenters. The van der Waals surface area contributed by atoms with Crippen LogP contribution in [0.25, 0.3) is 0 Å². The van der Waals surface area contributed by atoms with Gasteiger partial charge in [-0.3, -0.25) is 9.36 Å². The van der Waals surface area contributed by atoms with Crippen molar-refractivity contribution in [1.82, 2.24) is 0 Å². The summed E-state index contributed by atoms with van der Waals surface area (Å²) in [5.74, 6) is -0.336. The van der Waals surface area contributed by atoms with Crippen LogP contribution in [0.5, 0.6) is 0 Å². The van der Waals surface area contributed by atoms with Crippen molar-refractivity contribution in [1.29, 1.82) is 0 Å². The molecule has 0 saturated heterocycles. The zero-order valence-corrected chi connectivity index (χ0v) is 42.2. The van der Waals surface area contributed by atoms with Gasteiger partial charge >= 0.3 is 5.97 Å². The standard InChI is InChI=1S/C53H100NO7P/c1-6-8-10-12-14-16-18-20-22-24-25-26-27-28-29-30-32-34-36-38-40-42-44-46-53(55)61-52(51-60-62(56,57)59-49-47-54(3,4)5)50-58-48-45-43-41-39-37-35-33-31-23-21-19-17-15-13-11-9-7-2/h8,10,14,16,20,22,25-26,52H,6-7,9,11-13,15,17-19,21,23-24,27-51H2,1-5H3/b10-8-,16-14-,22-20-,26-25-. The number of quaternary nitrogens is 1. The summed E-state index contributed by atoms with van der Waals surface area (Å²) in [5.41, 5.74) is 0. The van der Waals surface area contributed by atoms with Gasteiger partial charge in [0.2, 0.25) is 0 Å². The zero-order valence-electron chi connectivity index (χ0n) is 41.3. The fourth-order valence-corrected chi connectivity index (χ4v) is 7.91. The Hall–Kier alpha value is -1.54. The van der Waals surface area contributed by atoms with E-state index >= 15 is 0 Å². The van der Waals surface area contributed by atoms with E-state index in [4.69, 9.17) is 18.5 Å². The minimum Gasteiger partial charge on any atom is -0.756 e. The lowest BCUT2D eigenvalue weighted by Crippen LogP contribution is -2.37. The van der Waals surface area contributed by atoms with E-state index in [9.17, 15) is 14.3 Å². The molecule has 0 heterocycles. The first-order valence-electron chi connectivity index (χ1n) is 25.9. The van der Waals surface area contributed by atoms with Crippen LogP contribution in [0.3, 0.4) is 0 Å². The van der Waals surface area contributed by atoms with E-state index in [2.05, 4.69) is 62.5 Å². The number of nitrogens with zero attached hydrogens (tertiary/aromatic N) is 1. The lowest BCUT2D eigenvalue weighted by atomic mass is 10.0. The Kier molecular flexibility index (Phi) is 44.9. The molecule has 2 atom stereocenters. The van der Waals surface area contributed by atoms with Crippen molar-refractivity contribution in [3.05, 3.63) is 48.6 Å². The van der Waals surface area contributed by atoms with Gasteiger partial charge in [-0.15, -0.1) is 0 Å². The van der Waals surface area contributed by atoms with Gasteiger partial charge in [0.15, 0.2) is 0 Å². The fraction of sp³-hybridized carbons (Fsp3) is 0.830. The summed E-state index contributed by atoms with van der Waals surface area (Å²) in [6.07, 6.45) is 57.0. The van der Waals surface area contributed by atoms with Crippen molar-refractivity contribution >= 4 is 13.8 Å². The van der Waals surface area contributed by atoms with Crippen LogP contribution in [-0.2, 0) is 27.9 Å². The van der Waals surface area contributed by atoms with E-state index in [1.807, 2.05) is 21.1 Å². The van der Waals surface area contributed by atoms with Crippen LogP contribution in [0.2, 0.25) is 0 Å². The van der Waals surface area contributed by atoms with Crippen LogP contribution < -0.4 is 4.89 Å². The summed E-state index contributed by atoms with van der Waals surface area (Å²) in [4.78, 5) is 25.2. The second-order valence-corrected chi connectivity index (χ2v) is 19.9. The monoisotopic (exact) mass is 894 g/mol. The topological polar surface area (TPSA) is 94.1 Å². The molecule has 0 aromatic heterocycles. The Morgan fingerprint density at radius 2 is 0.935 bits per heavy atom. The summed E-state index contributed by atoms with van der Waals surface area (Å²) < 4.78 is 34.8. The van der Waals surface area contributed by atoms with E-state index in [0.717, 1.165) is 57.8 Å². The summed E-state index contributed by atoms with van der Waals surface area (Å²) in [5, 5.41) is 0. The van der Waals surface area contributed by atoms with Crippen molar-refractivity contribution in [3.8, 4) is 0 Å². The molecule has 9 heteroatoms. The third-order valence-electron chi connectivity index (χ3n) is 11.1. The van der Waals surface area contributed by atoms with E-state index in [-0.39, 0.29) is 25.8 Å². The number of unbranched alkanes of at least 4 members (excludes halogenated alkanes) is 26. The molecule has 0 aliphatic rings. The molecule has 0 aliphatic heterocycles. The number of hydrogen-bond donors (Lipinski definition) is 0. The molecule has 0 bridgehead atoms. The van der Waals surface area contributed by atoms with Crippen molar-refractivity contribution in [2.75, 3.05) is 54.1 Å².